The van der Waals surface area contributed by atoms with Crippen molar-refractivity contribution in [1.29, 1.82) is 0 Å². The van der Waals surface area contributed by atoms with Gasteiger partial charge in [0.25, 0.3) is 5.56 Å². The maximum Gasteiger partial charge on any atom is 0.328 e. The lowest BCUT2D eigenvalue weighted by Gasteiger charge is -2.24. The molecule has 0 aliphatic carbocycles. The molecule has 2 rings (SSSR count). The predicted octanol–water partition coefficient (Wildman–Crippen LogP) is 0.461. The molecule has 0 saturated carbocycles. The summed E-state index contributed by atoms with van der Waals surface area (Å²) < 4.78 is 0. The Hall–Kier alpha value is -1.88. The zero-order valence-electron chi connectivity index (χ0n) is 9.56. The van der Waals surface area contributed by atoms with Crippen molar-refractivity contribution in [3.63, 3.8) is 0 Å². The molecule has 0 fully saturated rings. The van der Waals surface area contributed by atoms with Crippen LogP contribution >= 0.6 is 0 Å². The van der Waals surface area contributed by atoms with E-state index in [4.69, 9.17) is 5.11 Å². The van der Waals surface area contributed by atoms with Crippen LogP contribution in [0.1, 0.15) is 16.8 Å². The summed E-state index contributed by atoms with van der Waals surface area (Å²) in [4.78, 5) is 27.1. The largest absolute Gasteiger partial charge is 0.478 e. The first-order valence-electron chi connectivity index (χ1n) is 5.41. The van der Waals surface area contributed by atoms with Gasteiger partial charge in [-0.2, -0.15) is 0 Å². The van der Waals surface area contributed by atoms with E-state index >= 15 is 0 Å². The van der Waals surface area contributed by atoms with E-state index in [2.05, 4.69) is 9.88 Å². The van der Waals surface area contributed by atoms with E-state index in [1.807, 2.05) is 7.05 Å². The Morgan fingerprint density at radius 2 is 2.35 bits per heavy atom. The Morgan fingerprint density at radius 1 is 1.59 bits per heavy atom. The third kappa shape index (κ3) is 2.62. The van der Waals surface area contributed by atoms with Crippen LogP contribution in [0, 0.1) is 0 Å². The normalized spacial score (nSPS) is 16.1. The average Bonchev–Trinajstić information content (AvgIpc) is 2.26. The van der Waals surface area contributed by atoms with Gasteiger partial charge in [-0.05, 0) is 24.8 Å². The number of likely N-dealkylation sites (N-methyl/N-ethyl adjacent to an activating group) is 1. The van der Waals surface area contributed by atoms with E-state index in [0.717, 1.165) is 36.8 Å². The minimum absolute atomic E-state index is 0.231. The standard InChI is InChI=1S/C12H14N2O3/c1-14-5-4-10-9(7-14)6-8(12(17)13-10)2-3-11(15)16/h2-3,6H,4-5,7H2,1H3,(H,13,17)(H,15,16)/b3-2+. The molecule has 0 amide bonds. The van der Waals surface area contributed by atoms with Gasteiger partial charge in [0.15, 0.2) is 0 Å². The molecule has 1 aromatic heterocycles. The maximum atomic E-state index is 11.7. The summed E-state index contributed by atoms with van der Waals surface area (Å²) in [7, 11) is 2.01. The Kier molecular flexibility index (Phi) is 3.10. The number of hydrogen-bond donors (Lipinski definition) is 2. The van der Waals surface area contributed by atoms with Gasteiger partial charge >= 0.3 is 5.97 Å². The number of nitrogens with one attached hydrogen (secondary N) is 1. The highest BCUT2D eigenvalue weighted by Crippen LogP contribution is 2.15. The highest BCUT2D eigenvalue weighted by Gasteiger charge is 2.14. The van der Waals surface area contributed by atoms with Crippen molar-refractivity contribution < 1.29 is 9.90 Å². The van der Waals surface area contributed by atoms with Crippen LogP contribution < -0.4 is 5.56 Å². The molecule has 0 aromatic carbocycles. The van der Waals surface area contributed by atoms with E-state index in [-0.39, 0.29) is 5.56 Å². The van der Waals surface area contributed by atoms with Crippen molar-refractivity contribution >= 4 is 12.0 Å². The number of pyridine rings is 1. The molecule has 0 radical (unpaired) electrons. The smallest absolute Gasteiger partial charge is 0.328 e. The van der Waals surface area contributed by atoms with Crippen molar-refractivity contribution in [2.45, 2.75) is 13.0 Å². The SMILES string of the molecule is CN1CCc2[nH]c(=O)c(/C=C/C(=O)O)cc2C1. The summed E-state index contributed by atoms with van der Waals surface area (Å²) in [6.45, 7) is 1.70. The van der Waals surface area contributed by atoms with Crippen molar-refractivity contribution in [3.8, 4) is 0 Å². The Balaban J connectivity index is 2.39. The summed E-state index contributed by atoms with van der Waals surface area (Å²) in [5, 5.41) is 8.54. The zero-order valence-corrected chi connectivity index (χ0v) is 9.56. The number of carboxylic acid groups (broad SMARTS) is 1. The first kappa shape index (κ1) is 11.6. The van der Waals surface area contributed by atoms with E-state index in [1.54, 1.807) is 6.07 Å². The number of nitrogens with zero attached hydrogens (tertiary/aromatic N) is 1. The number of carboxylic acids is 1. The molecule has 17 heavy (non-hydrogen) atoms. The summed E-state index contributed by atoms with van der Waals surface area (Å²) in [6.07, 6.45) is 3.13. The van der Waals surface area contributed by atoms with Crippen molar-refractivity contribution in [1.82, 2.24) is 9.88 Å². The second-order valence-electron chi connectivity index (χ2n) is 4.22. The van der Waals surface area contributed by atoms with Crippen LogP contribution in [-0.2, 0) is 17.8 Å². The maximum absolute atomic E-state index is 11.7. The summed E-state index contributed by atoms with van der Waals surface area (Å²) in [5.41, 5.74) is 2.18. The highest BCUT2D eigenvalue weighted by atomic mass is 16.4. The number of H-pyrrole nitrogens is 1. The lowest BCUT2D eigenvalue weighted by atomic mass is 10.0. The monoisotopic (exact) mass is 234 g/mol. The third-order valence-electron chi connectivity index (χ3n) is 2.83. The van der Waals surface area contributed by atoms with Crippen molar-refractivity contribution in [2.24, 2.45) is 0 Å². The van der Waals surface area contributed by atoms with Crippen LogP contribution in [0.5, 0.6) is 0 Å². The number of fused-ring (bicyclic) bond motifs is 1. The first-order chi connectivity index (χ1) is 8.06. The molecule has 0 spiro atoms. The summed E-state index contributed by atoms with van der Waals surface area (Å²) in [6, 6.07) is 1.77. The number of carbonyl (C=O) groups is 1. The molecule has 0 atom stereocenters. The zero-order chi connectivity index (χ0) is 12.4. The van der Waals surface area contributed by atoms with Crippen molar-refractivity contribution in [3.05, 3.63) is 39.3 Å². The molecule has 2 heterocycles. The lowest BCUT2D eigenvalue weighted by molar-refractivity contribution is -0.131. The second-order valence-corrected chi connectivity index (χ2v) is 4.22. The van der Waals surface area contributed by atoms with Gasteiger partial charge in [0.2, 0.25) is 0 Å². The topological polar surface area (TPSA) is 73.4 Å². The van der Waals surface area contributed by atoms with Gasteiger partial charge in [-0.3, -0.25) is 4.79 Å². The quantitative estimate of drug-likeness (QED) is 0.729. The number of aliphatic carboxylic acids is 1. The first-order valence-corrected chi connectivity index (χ1v) is 5.41. The van der Waals surface area contributed by atoms with Gasteiger partial charge in [-0.15, -0.1) is 0 Å². The van der Waals surface area contributed by atoms with E-state index in [1.165, 1.54) is 6.08 Å². The van der Waals surface area contributed by atoms with Gasteiger partial charge < -0.3 is 15.0 Å². The fraction of sp³-hybridized carbons (Fsp3) is 0.333. The minimum atomic E-state index is -1.06. The van der Waals surface area contributed by atoms with Crippen LogP contribution in [0.3, 0.4) is 0 Å². The van der Waals surface area contributed by atoms with Crippen LogP contribution in [0.15, 0.2) is 16.9 Å². The molecular weight excluding hydrogens is 220 g/mol. The van der Waals surface area contributed by atoms with E-state index < -0.39 is 5.97 Å². The molecule has 2 N–H and O–H groups in total. The van der Waals surface area contributed by atoms with Gasteiger partial charge in [0, 0.05) is 36.8 Å². The second kappa shape index (κ2) is 4.55. The van der Waals surface area contributed by atoms with E-state index in [0.29, 0.717) is 5.56 Å². The summed E-state index contributed by atoms with van der Waals surface area (Å²) in [5.74, 6) is -1.06. The van der Waals surface area contributed by atoms with Crippen LogP contribution in [0.4, 0.5) is 0 Å². The molecule has 1 aliphatic heterocycles. The van der Waals surface area contributed by atoms with Crippen LogP contribution in [-0.4, -0.2) is 34.6 Å². The van der Waals surface area contributed by atoms with Gasteiger partial charge in [0.1, 0.15) is 0 Å². The van der Waals surface area contributed by atoms with Crippen molar-refractivity contribution in [2.75, 3.05) is 13.6 Å². The third-order valence-corrected chi connectivity index (χ3v) is 2.83. The van der Waals surface area contributed by atoms with E-state index in [9.17, 15) is 9.59 Å². The highest BCUT2D eigenvalue weighted by molar-refractivity contribution is 5.85. The molecule has 0 saturated heterocycles. The number of aromatic nitrogens is 1. The van der Waals surface area contributed by atoms with Gasteiger partial charge in [0.05, 0.1) is 0 Å². The molecule has 0 unspecified atom stereocenters. The average molecular weight is 234 g/mol. The molecular formula is C12H14N2O3. The fourth-order valence-corrected chi connectivity index (χ4v) is 1.95. The van der Waals surface area contributed by atoms with Crippen LogP contribution in [0.2, 0.25) is 0 Å². The number of rotatable bonds is 2. The molecule has 5 nitrogen and oxygen atoms in total. The lowest BCUT2D eigenvalue weighted by Crippen LogP contribution is -2.29. The fourth-order valence-electron chi connectivity index (χ4n) is 1.95. The summed E-state index contributed by atoms with van der Waals surface area (Å²) >= 11 is 0. The predicted molar refractivity (Wildman–Crippen MR) is 63.8 cm³/mol. The molecule has 1 aliphatic rings. The van der Waals surface area contributed by atoms with Crippen LogP contribution in [0.25, 0.3) is 6.08 Å². The number of aromatic amines is 1. The number of hydrogen-bond acceptors (Lipinski definition) is 3. The Morgan fingerprint density at radius 3 is 3.06 bits per heavy atom. The van der Waals surface area contributed by atoms with Gasteiger partial charge in [-0.25, -0.2) is 4.79 Å². The Bertz CT molecular complexity index is 531. The molecule has 0 bridgehead atoms. The molecule has 5 heteroatoms. The van der Waals surface area contributed by atoms with Gasteiger partial charge in [-0.1, -0.05) is 0 Å². The molecule has 1 aromatic rings. The Labute approximate surface area is 98.4 Å². The molecule has 90 valence electrons. The minimum Gasteiger partial charge on any atom is -0.478 e.